The highest BCUT2D eigenvalue weighted by atomic mass is 16.5. The number of hydrogen-bond donors (Lipinski definition) is 2. The molecule has 1 aromatic rings. The van der Waals surface area contributed by atoms with Crippen LogP contribution in [0.15, 0.2) is 24.5 Å². The molecule has 1 saturated heterocycles. The molecule has 2 rings (SSSR count). The average Bonchev–Trinajstić information content (AvgIpc) is 2.72. The van der Waals surface area contributed by atoms with Crippen LogP contribution < -0.4 is 10.6 Å². The fraction of sp³-hybridized carbons (Fsp3) is 0.650. The van der Waals surface area contributed by atoms with Crippen LogP contribution in [0.4, 0.5) is 0 Å². The molecule has 2 heterocycles. The quantitative estimate of drug-likeness (QED) is 0.702. The van der Waals surface area contributed by atoms with Gasteiger partial charge in [-0.2, -0.15) is 0 Å². The molecule has 7 nitrogen and oxygen atoms in total. The molecule has 2 N–H and O–H groups in total. The van der Waals surface area contributed by atoms with Gasteiger partial charge in [0.2, 0.25) is 11.8 Å². The lowest BCUT2D eigenvalue weighted by molar-refractivity contribution is -0.126. The highest BCUT2D eigenvalue weighted by molar-refractivity contribution is 5.79. The van der Waals surface area contributed by atoms with E-state index >= 15 is 0 Å². The van der Waals surface area contributed by atoms with E-state index in [1.54, 1.807) is 19.5 Å². The fourth-order valence-electron chi connectivity index (χ4n) is 3.29. The first kappa shape index (κ1) is 21.3. The Labute approximate surface area is 161 Å². The largest absolute Gasteiger partial charge is 0.385 e. The van der Waals surface area contributed by atoms with E-state index in [1.165, 1.54) is 5.56 Å². The van der Waals surface area contributed by atoms with E-state index in [2.05, 4.69) is 20.5 Å². The number of ether oxygens (including phenoxy) is 1. The highest BCUT2D eigenvalue weighted by Crippen LogP contribution is 2.14. The lowest BCUT2D eigenvalue weighted by atomic mass is 9.98. The number of carbonyl (C=O) groups excluding carboxylic acids is 2. The van der Waals surface area contributed by atoms with Gasteiger partial charge in [0.25, 0.3) is 0 Å². The van der Waals surface area contributed by atoms with Gasteiger partial charge in [-0.1, -0.05) is 0 Å². The van der Waals surface area contributed by atoms with E-state index in [4.69, 9.17) is 4.74 Å². The molecule has 0 saturated carbocycles. The molecule has 1 atom stereocenters. The summed E-state index contributed by atoms with van der Waals surface area (Å²) in [6, 6.07) is 4.00. The van der Waals surface area contributed by atoms with Gasteiger partial charge in [-0.3, -0.25) is 19.5 Å². The van der Waals surface area contributed by atoms with Crippen molar-refractivity contribution in [3.63, 3.8) is 0 Å². The Morgan fingerprint density at radius 1 is 1.33 bits per heavy atom. The van der Waals surface area contributed by atoms with Crippen molar-refractivity contribution in [1.82, 2.24) is 20.5 Å². The van der Waals surface area contributed by atoms with E-state index in [1.807, 2.05) is 12.1 Å². The Morgan fingerprint density at radius 3 is 2.93 bits per heavy atom. The number of aromatic nitrogens is 1. The summed E-state index contributed by atoms with van der Waals surface area (Å²) in [6.45, 7) is 4.22. The predicted molar refractivity (Wildman–Crippen MR) is 104 cm³/mol. The molecule has 0 aromatic carbocycles. The number of methoxy groups -OCH3 is 1. The summed E-state index contributed by atoms with van der Waals surface area (Å²) in [5, 5.41) is 5.95. The molecule has 27 heavy (non-hydrogen) atoms. The molecular weight excluding hydrogens is 344 g/mol. The van der Waals surface area contributed by atoms with Crippen molar-refractivity contribution in [2.45, 2.75) is 38.6 Å². The van der Waals surface area contributed by atoms with Gasteiger partial charge in [-0.05, 0) is 49.9 Å². The molecule has 1 aliphatic heterocycles. The van der Waals surface area contributed by atoms with E-state index in [0.717, 1.165) is 38.9 Å². The first-order valence-electron chi connectivity index (χ1n) is 9.83. The van der Waals surface area contributed by atoms with Gasteiger partial charge in [0.05, 0.1) is 0 Å². The molecule has 150 valence electrons. The molecule has 1 aromatic heterocycles. The molecule has 7 heteroatoms. The molecule has 1 unspecified atom stereocenters. The van der Waals surface area contributed by atoms with E-state index in [9.17, 15) is 9.59 Å². The molecule has 0 spiro atoms. The first-order valence-corrected chi connectivity index (χ1v) is 9.83. The van der Waals surface area contributed by atoms with Crippen molar-refractivity contribution >= 4 is 11.8 Å². The Bertz CT molecular complexity index is 568. The standard InChI is InChI=1S/C20H32N4O3/c1-27-15-3-9-23-20(26)18-4-2-13-24(14-8-19(25)22-12-7-18)16-17-5-10-21-11-6-17/h5-6,10-11,18H,2-4,7-9,12-16H2,1H3,(H,22,25)(H,23,26). The zero-order valence-electron chi connectivity index (χ0n) is 16.3. The van der Waals surface area contributed by atoms with E-state index in [0.29, 0.717) is 32.5 Å². The van der Waals surface area contributed by atoms with E-state index < -0.39 is 0 Å². The maximum Gasteiger partial charge on any atom is 0.223 e. The number of carbonyl (C=O) groups is 2. The molecule has 0 aliphatic carbocycles. The Kier molecular flexibility index (Phi) is 9.79. The first-order chi connectivity index (χ1) is 13.2. The van der Waals surface area contributed by atoms with Crippen molar-refractivity contribution in [3.05, 3.63) is 30.1 Å². The van der Waals surface area contributed by atoms with Gasteiger partial charge in [0.15, 0.2) is 0 Å². The summed E-state index contributed by atoms with van der Waals surface area (Å²) in [5.41, 5.74) is 1.19. The summed E-state index contributed by atoms with van der Waals surface area (Å²) >= 11 is 0. The molecule has 2 amide bonds. The second-order valence-electron chi connectivity index (χ2n) is 7.00. The Morgan fingerprint density at radius 2 is 2.15 bits per heavy atom. The summed E-state index contributed by atoms with van der Waals surface area (Å²) in [7, 11) is 1.66. The van der Waals surface area contributed by atoms with Gasteiger partial charge >= 0.3 is 0 Å². The van der Waals surface area contributed by atoms with Crippen LogP contribution in [0.2, 0.25) is 0 Å². The van der Waals surface area contributed by atoms with Crippen LogP contribution in [0.1, 0.15) is 37.7 Å². The van der Waals surface area contributed by atoms with Crippen LogP contribution in [-0.4, -0.2) is 61.6 Å². The molecule has 1 fully saturated rings. The highest BCUT2D eigenvalue weighted by Gasteiger charge is 2.20. The number of amides is 2. The van der Waals surface area contributed by atoms with Crippen molar-refractivity contribution in [2.75, 3.05) is 39.9 Å². The smallest absolute Gasteiger partial charge is 0.223 e. The summed E-state index contributed by atoms with van der Waals surface area (Å²) in [5.74, 6) is 0.0740. The van der Waals surface area contributed by atoms with Crippen LogP contribution in [0.25, 0.3) is 0 Å². The maximum absolute atomic E-state index is 12.5. The van der Waals surface area contributed by atoms with Gasteiger partial charge in [0, 0.05) is 64.6 Å². The van der Waals surface area contributed by atoms with Crippen LogP contribution in [0.5, 0.6) is 0 Å². The zero-order chi connectivity index (χ0) is 19.3. The van der Waals surface area contributed by atoms with Crippen LogP contribution in [0.3, 0.4) is 0 Å². The fourth-order valence-corrected chi connectivity index (χ4v) is 3.29. The number of hydrogen-bond acceptors (Lipinski definition) is 5. The minimum atomic E-state index is -0.0614. The van der Waals surface area contributed by atoms with Gasteiger partial charge in [-0.15, -0.1) is 0 Å². The van der Waals surface area contributed by atoms with Gasteiger partial charge < -0.3 is 15.4 Å². The second kappa shape index (κ2) is 12.4. The Hall–Kier alpha value is -1.99. The van der Waals surface area contributed by atoms with Crippen LogP contribution in [0, 0.1) is 5.92 Å². The summed E-state index contributed by atoms with van der Waals surface area (Å²) in [4.78, 5) is 30.9. The number of nitrogens with one attached hydrogen (secondary N) is 2. The third-order valence-electron chi connectivity index (χ3n) is 4.85. The predicted octanol–water partition coefficient (Wildman–Crippen LogP) is 1.34. The number of rotatable bonds is 7. The molecule has 0 radical (unpaired) electrons. The monoisotopic (exact) mass is 376 g/mol. The second-order valence-corrected chi connectivity index (χ2v) is 7.00. The minimum Gasteiger partial charge on any atom is -0.385 e. The SMILES string of the molecule is COCCCNC(=O)C1CCCN(Cc2ccncc2)CCC(=O)NCC1. The number of pyridine rings is 1. The third kappa shape index (κ3) is 8.49. The minimum absolute atomic E-state index is 0.0517. The normalized spacial score (nSPS) is 19.7. The lowest BCUT2D eigenvalue weighted by Gasteiger charge is -2.22. The van der Waals surface area contributed by atoms with Crippen molar-refractivity contribution in [1.29, 1.82) is 0 Å². The summed E-state index contributed by atoms with van der Waals surface area (Å²) < 4.78 is 5.01. The van der Waals surface area contributed by atoms with Crippen molar-refractivity contribution in [2.24, 2.45) is 5.92 Å². The van der Waals surface area contributed by atoms with Gasteiger partial charge in [0.1, 0.15) is 0 Å². The molecule has 0 bridgehead atoms. The Balaban J connectivity index is 1.89. The van der Waals surface area contributed by atoms with Crippen LogP contribution >= 0.6 is 0 Å². The zero-order valence-corrected chi connectivity index (χ0v) is 16.3. The van der Waals surface area contributed by atoms with Gasteiger partial charge in [-0.25, -0.2) is 0 Å². The molecular formula is C20H32N4O3. The number of nitrogens with zero attached hydrogens (tertiary/aromatic N) is 2. The molecule has 1 aliphatic rings. The average molecular weight is 377 g/mol. The van der Waals surface area contributed by atoms with Crippen molar-refractivity contribution < 1.29 is 14.3 Å². The lowest BCUT2D eigenvalue weighted by Crippen LogP contribution is -2.34. The van der Waals surface area contributed by atoms with Crippen molar-refractivity contribution in [3.8, 4) is 0 Å². The third-order valence-corrected chi connectivity index (χ3v) is 4.85. The topological polar surface area (TPSA) is 83.6 Å². The van der Waals surface area contributed by atoms with E-state index in [-0.39, 0.29) is 17.7 Å². The van der Waals surface area contributed by atoms with Crippen LogP contribution in [-0.2, 0) is 20.9 Å². The maximum atomic E-state index is 12.5. The summed E-state index contributed by atoms with van der Waals surface area (Å²) in [6.07, 6.45) is 7.33.